The van der Waals surface area contributed by atoms with E-state index in [9.17, 15) is 32.3 Å². The van der Waals surface area contributed by atoms with Gasteiger partial charge in [-0.15, -0.1) is 0 Å². The van der Waals surface area contributed by atoms with Crippen molar-refractivity contribution in [2.24, 2.45) is 5.73 Å². The first kappa shape index (κ1) is 29.5. The van der Waals surface area contributed by atoms with Gasteiger partial charge in [-0.3, -0.25) is 14.7 Å². The Labute approximate surface area is 241 Å². The number of aliphatic hydroxyl groups is 1. The molecule has 10 nitrogen and oxygen atoms in total. The van der Waals surface area contributed by atoms with Crippen molar-refractivity contribution in [1.82, 2.24) is 20.5 Å². The number of nitrogens with two attached hydrogens (primary N) is 1. The predicted molar refractivity (Wildman–Crippen MR) is 145 cm³/mol. The van der Waals surface area contributed by atoms with Gasteiger partial charge >= 0.3 is 6.18 Å². The lowest BCUT2D eigenvalue weighted by Crippen LogP contribution is -2.52. The molecule has 5 N–H and O–H groups in total. The number of methoxy groups -OCH3 is 1. The number of hydrogen-bond acceptors (Lipinski definition) is 7. The van der Waals surface area contributed by atoms with E-state index < -0.39 is 47.1 Å². The van der Waals surface area contributed by atoms with Gasteiger partial charge in [0.1, 0.15) is 35.0 Å². The van der Waals surface area contributed by atoms with E-state index in [0.717, 1.165) is 18.2 Å². The molecule has 2 aromatic heterocycles. The van der Waals surface area contributed by atoms with Crippen molar-refractivity contribution in [3.63, 3.8) is 0 Å². The number of aromatic amines is 1. The second kappa shape index (κ2) is 10.7. The summed E-state index contributed by atoms with van der Waals surface area (Å²) in [6.45, 7) is -0.286. The molecule has 14 heteroatoms. The van der Waals surface area contributed by atoms with Crippen LogP contribution in [0.2, 0.25) is 0 Å². The third-order valence-corrected chi connectivity index (χ3v) is 7.34. The third kappa shape index (κ3) is 5.14. The van der Waals surface area contributed by atoms with E-state index in [0.29, 0.717) is 17.0 Å². The van der Waals surface area contributed by atoms with Crippen LogP contribution in [-0.2, 0) is 15.8 Å². The smallest absolute Gasteiger partial charge is 0.424 e. The Balaban J connectivity index is 1.53. The van der Waals surface area contributed by atoms with Crippen molar-refractivity contribution in [3.8, 4) is 34.0 Å². The quantitative estimate of drug-likeness (QED) is 0.226. The van der Waals surface area contributed by atoms with E-state index in [1.54, 1.807) is 24.3 Å². The number of carbonyl (C=O) groups excluding carboxylic acids is 2. The highest BCUT2D eigenvalue weighted by molar-refractivity contribution is 5.93. The van der Waals surface area contributed by atoms with Crippen LogP contribution in [0.1, 0.15) is 28.7 Å². The summed E-state index contributed by atoms with van der Waals surface area (Å²) in [6, 6.07) is 13.7. The van der Waals surface area contributed by atoms with Gasteiger partial charge in [-0.05, 0) is 55.5 Å². The fourth-order valence-electron chi connectivity index (χ4n) is 4.68. The maximum absolute atomic E-state index is 14.6. The van der Waals surface area contributed by atoms with Crippen LogP contribution in [-0.4, -0.2) is 58.5 Å². The molecule has 0 aliphatic carbocycles. The lowest BCUT2D eigenvalue weighted by atomic mass is 9.81. The van der Waals surface area contributed by atoms with Gasteiger partial charge in [-0.2, -0.15) is 18.3 Å². The van der Waals surface area contributed by atoms with Crippen molar-refractivity contribution in [1.29, 1.82) is 0 Å². The van der Waals surface area contributed by atoms with Gasteiger partial charge in [0.05, 0.1) is 25.0 Å². The Hall–Kier alpha value is -4.98. The zero-order valence-corrected chi connectivity index (χ0v) is 22.8. The van der Waals surface area contributed by atoms with Crippen LogP contribution in [0.25, 0.3) is 22.5 Å². The summed E-state index contributed by atoms with van der Waals surface area (Å²) < 4.78 is 68.3. The second-order valence-electron chi connectivity index (χ2n) is 10.1. The molecule has 0 spiro atoms. The van der Waals surface area contributed by atoms with Crippen LogP contribution < -0.4 is 20.5 Å². The zero-order chi connectivity index (χ0) is 31.2. The number of aromatic nitrogens is 3. The molecule has 2 aromatic carbocycles. The van der Waals surface area contributed by atoms with Crippen molar-refractivity contribution in [3.05, 3.63) is 83.4 Å². The summed E-state index contributed by atoms with van der Waals surface area (Å²) in [6.07, 6.45) is -5.36. The number of nitrogens with one attached hydrogen (secondary N) is 2. The van der Waals surface area contributed by atoms with Gasteiger partial charge in [-0.25, -0.2) is 9.37 Å². The van der Waals surface area contributed by atoms with E-state index in [-0.39, 0.29) is 34.9 Å². The highest BCUT2D eigenvalue weighted by atomic mass is 19.4. The molecule has 2 atom stereocenters. The van der Waals surface area contributed by atoms with Crippen LogP contribution in [0.3, 0.4) is 0 Å². The van der Waals surface area contributed by atoms with E-state index in [1.165, 1.54) is 32.2 Å². The number of ether oxygens (including phenoxy) is 2. The molecule has 2 amide bonds. The maximum Gasteiger partial charge on any atom is 0.424 e. The molecule has 0 bridgehead atoms. The molecule has 5 rings (SSSR count). The van der Waals surface area contributed by atoms with Crippen molar-refractivity contribution < 1.29 is 41.7 Å². The molecule has 0 saturated heterocycles. The van der Waals surface area contributed by atoms with E-state index in [4.69, 9.17) is 15.2 Å². The van der Waals surface area contributed by atoms with Gasteiger partial charge in [0, 0.05) is 16.7 Å². The van der Waals surface area contributed by atoms with Gasteiger partial charge < -0.3 is 25.6 Å². The number of pyridine rings is 1. The van der Waals surface area contributed by atoms with Gasteiger partial charge in [0.25, 0.3) is 5.91 Å². The molecule has 3 heterocycles. The average Bonchev–Trinajstić information content (AvgIpc) is 3.61. The Kier molecular flexibility index (Phi) is 7.34. The molecule has 1 aliphatic rings. The number of H-pyrrole nitrogens is 1. The first-order chi connectivity index (χ1) is 20.3. The number of primary amides is 1. The standard InChI is InChI=1S/C29H25F4N5O5/c1-27(26(34)40)14-43-24-18(27)11-22(36-23(24)15-7-9-16(30)10-8-15)28(41,29(31,32)33)13-35-25(39)20-12-19(37-38-20)17-5-3-4-6-21(17)42-2/h3-12,41H,13-14H2,1-2H3,(H2,34,40)(H,35,39)(H,37,38)/t27-,28?/m0/s1. The Morgan fingerprint density at radius 2 is 1.86 bits per heavy atom. The summed E-state index contributed by atoms with van der Waals surface area (Å²) in [5.41, 5.74) is -0.0798. The largest absolute Gasteiger partial charge is 0.496 e. The van der Waals surface area contributed by atoms with Gasteiger partial charge in [-0.1, -0.05) is 12.1 Å². The minimum Gasteiger partial charge on any atom is -0.496 e. The lowest BCUT2D eigenvalue weighted by molar-refractivity contribution is -0.265. The summed E-state index contributed by atoms with van der Waals surface area (Å²) in [5, 5.41) is 19.8. The molecular weight excluding hydrogens is 574 g/mol. The van der Waals surface area contributed by atoms with Crippen LogP contribution in [0.4, 0.5) is 17.6 Å². The third-order valence-electron chi connectivity index (χ3n) is 7.34. The number of carbonyl (C=O) groups is 2. The van der Waals surface area contributed by atoms with E-state index >= 15 is 0 Å². The zero-order valence-electron chi connectivity index (χ0n) is 22.8. The van der Waals surface area contributed by atoms with Crippen LogP contribution in [0, 0.1) is 5.82 Å². The number of alkyl halides is 3. The first-order valence-electron chi connectivity index (χ1n) is 12.8. The SMILES string of the molecule is COc1ccccc1-c1cc(C(=O)NCC(O)(c2cc3c(c(-c4ccc(F)cc4)n2)OC[C@]3(C)C(N)=O)C(F)(F)F)n[nH]1. The monoisotopic (exact) mass is 599 g/mol. The molecule has 0 radical (unpaired) electrons. The maximum atomic E-state index is 14.6. The molecule has 1 unspecified atom stereocenters. The molecule has 4 aromatic rings. The number of rotatable bonds is 8. The summed E-state index contributed by atoms with van der Waals surface area (Å²) >= 11 is 0. The normalized spacial score (nSPS) is 17.5. The number of benzene rings is 2. The number of nitrogens with zero attached hydrogens (tertiary/aromatic N) is 2. The number of halogens is 4. The summed E-state index contributed by atoms with van der Waals surface area (Å²) in [4.78, 5) is 29.3. The van der Waals surface area contributed by atoms with Crippen LogP contribution >= 0.6 is 0 Å². The lowest BCUT2D eigenvalue weighted by Gasteiger charge is -2.31. The van der Waals surface area contributed by atoms with Gasteiger partial charge in [0.2, 0.25) is 11.5 Å². The number of para-hydroxylation sites is 1. The van der Waals surface area contributed by atoms with E-state index in [1.807, 2.05) is 0 Å². The van der Waals surface area contributed by atoms with Crippen LogP contribution in [0.5, 0.6) is 11.5 Å². The average molecular weight is 600 g/mol. The fraction of sp³-hybridized carbons (Fsp3) is 0.241. The van der Waals surface area contributed by atoms with Crippen LogP contribution in [0.15, 0.2) is 60.7 Å². The topological polar surface area (TPSA) is 152 Å². The number of fused-ring (bicyclic) bond motifs is 1. The van der Waals surface area contributed by atoms with Crippen molar-refractivity contribution in [2.45, 2.75) is 24.1 Å². The molecule has 0 fully saturated rings. The number of amides is 2. The highest BCUT2D eigenvalue weighted by Gasteiger charge is 2.57. The van der Waals surface area contributed by atoms with E-state index in [2.05, 4.69) is 20.5 Å². The first-order valence-corrected chi connectivity index (χ1v) is 12.8. The summed E-state index contributed by atoms with van der Waals surface area (Å²) in [7, 11) is 1.45. The Bertz CT molecular complexity index is 1710. The predicted octanol–water partition coefficient (Wildman–Crippen LogP) is 3.60. The summed E-state index contributed by atoms with van der Waals surface area (Å²) in [5.74, 6) is -2.09. The number of hydrogen-bond donors (Lipinski definition) is 4. The van der Waals surface area contributed by atoms with Crippen molar-refractivity contribution in [2.75, 3.05) is 20.3 Å². The second-order valence-corrected chi connectivity index (χ2v) is 10.1. The molecule has 224 valence electrons. The minimum atomic E-state index is -5.36. The van der Waals surface area contributed by atoms with Gasteiger partial charge in [0.15, 0.2) is 5.69 Å². The molecule has 43 heavy (non-hydrogen) atoms. The molecule has 0 saturated carbocycles. The Morgan fingerprint density at radius 1 is 1.16 bits per heavy atom. The Morgan fingerprint density at radius 3 is 2.51 bits per heavy atom. The molecule has 1 aliphatic heterocycles. The van der Waals surface area contributed by atoms with Crippen molar-refractivity contribution >= 4 is 11.8 Å². The molecular formula is C29H25F4N5O5. The highest BCUT2D eigenvalue weighted by Crippen LogP contribution is 2.47. The fourth-order valence-corrected chi connectivity index (χ4v) is 4.68. The minimum absolute atomic E-state index is 0.0365.